The fourth-order valence-electron chi connectivity index (χ4n) is 2.96. The van der Waals surface area contributed by atoms with Gasteiger partial charge in [-0.3, -0.25) is 14.5 Å². The predicted octanol–water partition coefficient (Wildman–Crippen LogP) is 1.52. The van der Waals surface area contributed by atoms with E-state index in [0.717, 1.165) is 16.9 Å². The van der Waals surface area contributed by atoms with E-state index in [-0.39, 0.29) is 24.5 Å². The Balaban J connectivity index is 1.80. The summed E-state index contributed by atoms with van der Waals surface area (Å²) in [7, 11) is 0. The molecule has 2 rings (SSSR count). The van der Waals surface area contributed by atoms with Gasteiger partial charge in [0.05, 0.1) is 6.04 Å². The first kappa shape index (κ1) is 20.0. The monoisotopic (exact) mass is 359 g/mol. The van der Waals surface area contributed by atoms with Crippen molar-refractivity contribution in [1.82, 2.24) is 15.1 Å². The zero-order chi connectivity index (χ0) is 19.1. The van der Waals surface area contributed by atoms with E-state index in [1.54, 1.807) is 11.0 Å². The number of carbonyl (C=O) groups excluding carboxylic acids is 2. The van der Waals surface area contributed by atoms with Gasteiger partial charge in [0, 0.05) is 32.7 Å². The van der Waals surface area contributed by atoms with Crippen LogP contribution in [0.2, 0.25) is 0 Å². The lowest BCUT2D eigenvalue weighted by atomic mass is 10.1. The molecule has 1 saturated heterocycles. The molecule has 26 heavy (non-hydrogen) atoms. The highest BCUT2D eigenvalue weighted by molar-refractivity contribution is 5.81. The van der Waals surface area contributed by atoms with Gasteiger partial charge in [0.2, 0.25) is 5.91 Å². The summed E-state index contributed by atoms with van der Waals surface area (Å²) in [6.07, 6.45) is 1.66. The molecule has 0 saturated carbocycles. The van der Waals surface area contributed by atoms with E-state index in [4.69, 9.17) is 4.74 Å². The number of hydrogen-bond acceptors (Lipinski definition) is 4. The molecule has 142 valence electrons. The van der Waals surface area contributed by atoms with E-state index < -0.39 is 0 Å². The molecule has 0 aliphatic carbocycles. The second kappa shape index (κ2) is 9.38. The molecule has 1 N–H and O–H groups in total. The number of piperazine rings is 1. The first-order valence-electron chi connectivity index (χ1n) is 9.03. The maximum absolute atomic E-state index is 12.4. The first-order chi connectivity index (χ1) is 12.4. The molecular weight excluding hydrogens is 330 g/mol. The van der Waals surface area contributed by atoms with Crippen LogP contribution in [-0.4, -0.2) is 67.0 Å². The van der Waals surface area contributed by atoms with Crippen molar-refractivity contribution in [3.8, 4) is 5.75 Å². The van der Waals surface area contributed by atoms with Gasteiger partial charge in [0.1, 0.15) is 5.75 Å². The molecule has 1 aromatic carbocycles. The summed E-state index contributed by atoms with van der Waals surface area (Å²) in [6.45, 7) is 12.6. The Morgan fingerprint density at radius 3 is 2.62 bits per heavy atom. The minimum absolute atomic E-state index is 0.0112. The van der Waals surface area contributed by atoms with Gasteiger partial charge in [-0.25, -0.2) is 0 Å². The second-order valence-corrected chi connectivity index (χ2v) is 6.61. The Morgan fingerprint density at radius 2 is 1.96 bits per heavy atom. The third-order valence-corrected chi connectivity index (χ3v) is 4.92. The SMILES string of the molecule is C=CCNC(=O)[C@@H](C)N1CCN(C(=O)COc2cccc(C)c2C)CC1. The van der Waals surface area contributed by atoms with Crippen LogP contribution in [0.3, 0.4) is 0 Å². The Morgan fingerprint density at radius 1 is 1.27 bits per heavy atom. The fourth-order valence-corrected chi connectivity index (χ4v) is 2.96. The van der Waals surface area contributed by atoms with Crippen LogP contribution in [0.25, 0.3) is 0 Å². The van der Waals surface area contributed by atoms with Crippen molar-refractivity contribution in [1.29, 1.82) is 0 Å². The van der Waals surface area contributed by atoms with Crippen molar-refractivity contribution < 1.29 is 14.3 Å². The molecule has 1 heterocycles. The minimum Gasteiger partial charge on any atom is -0.483 e. The highest BCUT2D eigenvalue weighted by atomic mass is 16.5. The molecule has 1 aromatic rings. The normalized spacial score (nSPS) is 16.0. The van der Waals surface area contributed by atoms with Crippen LogP contribution in [0.5, 0.6) is 5.75 Å². The van der Waals surface area contributed by atoms with Crippen LogP contribution in [0.4, 0.5) is 0 Å². The standard InChI is InChI=1S/C20H29N3O3/c1-5-9-21-20(25)17(4)22-10-12-23(13-11-22)19(24)14-26-18-8-6-7-15(2)16(18)3/h5-8,17H,1,9-14H2,2-4H3,(H,21,25)/t17-/m1/s1. The summed E-state index contributed by atoms with van der Waals surface area (Å²) in [5.41, 5.74) is 2.21. The van der Waals surface area contributed by atoms with Crippen LogP contribution in [0.15, 0.2) is 30.9 Å². The predicted molar refractivity (Wildman–Crippen MR) is 102 cm³/mol. The Hall–Kier alpha value is -2.34. The van der Waals surface area contributed by atoms with Crippen LogP contribution in [0.1, 0.15) is 18.1 Å². The lowest BCUT2D eigenvalue weighted by Crippen LogP contribution is -2.55. The summed E-state index contributed by atoms with van der Waals surface area (Å²) >= 11 is 0. The number of amides is 2. The van der Waals surface area contributed by atoms with Crippen molar-refractivity contribution in [2.75, 3.05) is 39.3 Å². The van der Waals surface area contributed by atoms with E-state index in [0.29, 0.717) is 32.7 Å². The fraction of sp³-hybridized carbons (Fsp3) is 0.500. The summed E-state index contributed by atoms with van der Waals surface area (Å²) in [5.74, 6) is 0.724. The quantitative estimate of drug-likeness (QED) is 0.750. The summed E-state index contributed by atoms with van der Waals surface area (Å²) < 4.78 is 5.71. The van der Waals surface area contributed by atoms with Crippen LogP contribution < -0.4 is 10.1 Å². The van der Waals surface area contributed by atoms with Crippen molar-refractivity contribution in [2.24, 2.45) is 0 Å². The van der Waals surface area contributed by atoms with Gasteiger partial charge in [-0.1, -0.05) is 18.2 Å². The molecule has 6 heteroatoms. The van der Waals surface area contributed by atoms with Gasteiger partial charge in [-0.05, 0) is 38.0 Å². The van der Waals surface area contributed by atoms with Crippen molar-refractivity contribution in [3.05, 3.63) is 42.0 Å². The lowest BCUT2D eigenvalue weighted by Gasteiger charge is -2.37. The van der Waals surface area contributed by atoms with E-state index >= 15 is 0 Å². The summed E-state index contributed by atoms with van der Waals surface area (Å²) in [6, 6.07) is 5.63. The maximum atomic E-state index is 12.4. The van der Waals surface area contributed by atoms with E-state index in [2.05, 4.69) is 16.8 Å². The largest absolute Gasteiger partial charge is 0.483 e. The van der Waals surface area contributed by atoms with Gasteiger partial charge >= 0.3 is 0 Å². The average molecular weight is 359 g/mol. The summed E-state index contributed by atoms with van der Waals surface area (Å²) in [5, 5.41) is 2.81. The highest BCUT2D eigenvalue weighted by Crippen LogP contribution is 2.20. The molecule has 0 radical (unpaired) electrons. The van der Waals surface area contributed by atoms with Gasteiger partial charge < -0.3 is 15.0 Å². The molecule has 1 aliphatic rings. The molecule has 1 atom stereocenters. The van der Waals surface area contributed by atoms with Crippen LogP contribution >= 0.6 is 0 Å². The lowest BCUT2D eigenvalue weighted by molar-refractivity contribution is -0.136. The summed E-state index contributed by atoms with van der Waals surface area (Å²) in [4.78, 5) is 28.3. The molecule has 0 bridgehead atoms. The van der Waals surface area contributed by atoms with E-state index in [1.165, 1.54) is 0 Å². The van der Waals surface area contributed by atoms with Gasteiger partial charge in [-0.2, -0.15) is 0 Å². The third kappa shape index (κ3) is 5.08. The molecule has 1 fully saturated rings. The molecule has 0 aromatic heterocycles. The zero-order valence-electron chi connectivity index (χ0n) is 16.0. The molecule has 1 aliphatic heterocycles. The minimum atomic E-state index is -0.210. The van der Waals surface area contributed by atoms with E-state index in [9.17, 15) is 9.59 Å². The molecular formula is C20H29N3O3. The number of carbonyl (C=O) groups is 2. The number of nitrogens with one attached hydrogen (secondary N) is 1. The third-order valence-electron chi connectivity index (χ3n) is 4.92. The molecule has 6 nitrogen and oxygen atoms in total. The van der Waals surface area contributed by atoms with Crippen LogP contribution in [0, 0.1) is 13.8 Å². The Bertz CT molecular complexity index is 652. The Labute approximate surface area is 155 Å². The number of aryl methyl sites for hydroxylation is 1. The number of benzene rings is 1. The first-order valence-corrected chi connectivity index (χ1v) is 9.03. The second-order valence-electron chi connectivity index (χ2n) is 6.61. The average Bonchev–Trinajstić information content (AvgIpc) is 2.66. The molecule has 2 amide bonds. The van der Waals surface area contributed by atoms with Gasteiger partial charge in [-0.15, -0.1) is 6.58 Å². The van der Waals surface area contributed by atoms with E-state index in [1.807, 2.05) is 39.0 Å². The number of ether oxygens (including phenoxy) is 1. The number of hydrogen-bond donors (Lipinski definition) is 1. The topological polar surface area (TPSA) is 61.9 Å². The van der Waals surface area contributed by atoms with Gasteiger partial charge in [0.25, 0.3) is 5.91 Å². The Kier molecular flexibility index (Phi) is 7.21. The smallest absolute Gasteiger partial charge is 0.260 e. The van der Waals surface area contributed by atoms with Crippen molar-refractivity contribution in [2.45, 2.75) is 26.8 Å². The maximum Gasteiger partial charge on any atom is 0.260 e. The zero-order valence-corrected chi connectivity index (χ0v) is 16.0. The number of rotatable bonds is 7. The molecule has 0 spiro atoms. The van der Waals surface area contributed by atoms with Crippen molar-refractivity contribution in [3.63, 3.8) is 0 Å². The van der Waals surface area contributed by atoms with Crippen molar-refractivity contribution >= 4 is 11.8 Å². The molecule has 0 unspecified atom stereocenters. The highest BCUT2D eigenvalue weighted by Gasteiger charge is 2.27. The van der Waals surface area contributed by atoms with Gasteiger partial charge in [0.15, 0.2) is 6.61 Å². The number of nitrogens with zero attached hydrogens (tertiary/aromatic N) is 2. The van der Waals surface area contributed by atoms with Crippen LogP contribution in [-0.2, 0) is 9.59 Å².